The van der Waals surface area contributed by atoms with Crippen molar-refractivity contribution in [2.75, 3.05) is 6.61 Å². The number of aromatic amines is 1. The topological polar surface area (TPSA) is 42.1 Å². The number of rotatable bonds is 4. The van der Waals surface area contributed by atoms with E-state index in [0.29, 0.717) is 13.0 Å². The summed E-state index contributed by atoms with van der Waals surface area (Å²) in [5.41, 5.74) is 2.22. The monoisotopic (exact) mass is 339 g/mol. The van der Waals surface area contributed by atoms with E-state index in [9.17, 15) is 4.79 Å². The molecular weight excluding hydrogens is 318 g/mol. The van der Waals surface area contributed by atoms with Crippen LogP contribution < -0.4 is 0 Å². The molecule has 0 aliphatic rings. The minimum absolute atomic E-state index is 0.136. The van der Waals surface area contributed by atoms with Crippen LogP contribution in [0, 0.1) is 0 Å². The maximum absolute atomic E-state index is 11.5. The van der Waals surface area contributed by atoms with Gasteiger partial charge in [0.25, 0.3) is 0 Å². The third-order valence-electron chi connectivity index (χ3n) is 2.99. The van der Waals surface area contributed by atoms with Crippen LogP contribution >= 0.6 is 15.9 Å². The van der Waals surface area contributed by atoms with Crippen LogP contribution in [0.2, 0.25) is 0 Å². The van der Waals surface area contributed by atoms with Crippen molar-refractivity contribution in [1.29, 1.82) is 0 Å². The number of carbonyl (C=O) groups is 1. The van der Waals surface area contributed by atoms with Crippen molar-refractivity contribution in [3.63, 3.8) is 0 Å². The minimum atomic E-state index is -0.147. The number of hydrogen-bond acceptors (Lipinski definition) is 2. The van der Waals surface area contributed by atoms with E-state index < -0.39 is 0 Å². The van der Waals surface area contributed by atoms with Crippen molar-refractivity contribution in [2.24, 2.45) is 0 Å². The molecule has 0 spiro atoms. The summed E-state index contributed by atoms with van der Waals surface area (Å²) < 4.78 is 6.04. The third kappa shape index (κ3) is 3.85. The highest BCUT2D eigenvalue weighted by molar-refractivity contribution is 9.10. The van der Waals surface area contributed by atoms with Gasteiger partial charge in [0, 0.05) is 21.6 Å². The number of hydrogen-bond donors (Lipinski definition) is 1. The summed E-state index contributed by atoms with van der Waals surface area (Å²) in [4.78, 5) is 14.8. The molecule has 0 saturated carbocycles. The highest BCUT2D eigenvalue weighted by Gasteiger charge is 2.17. The van der Waals surface area contributed by atoms with Gasteiger partial charge in [-0.05, 0) is 30.5 Å². The molecule has 0 radical (unpaired) electrons. The first-order chi connectivity index (χ1) is 9.63. The molecule has 0 aliphatic heterocycles. The van der Waals surface area contributed by atoms with E-state index in [-0.39, 0.29) is 11.9 Å². The zero-order valence-corrected chi connectivity index (χ0v) is 14.1. The lowest BCUT2D eigenvalue weighted by atomic mass is 9.97. The molecule has 1 heterocycles. The first kappa shape index (κ1) is 16.8. The molecule has 1 aromatic heterocycles. The number of fused-ring (bicyclic) bond motifs is 1. The van der Waals surface area contributed by atoms with Crippen molar-refractivity contribution < 1.29 is 9.53 Å². The molecular formula is C16H22BrNO2. The van der Waals surface area contributed by atoms with Crippen LogP contribution in [0.25, 0.3) is 10.9 Å². The lowest BCUT2D eigenvalue weighted by molar-refractivity contribution is -0.143. The summed E-state index contributed by atoms with van der Waals surface area (Å²) in [5, 5.41) is 1.15. The van der Waals surface area contributed by atoms with Gasteiger partial charge in [-0.3, -0.25) is 4.79 Å². The Morgan fingerprint density at radius 2 is 2.10 bits per heavy atom. The molecule has 0 aliphatic carbocycles. The number of esters is 1. The van der Waals surface area contributed by atoms with Gasteiger partial charge in [-0.15, -0.1) is 0 Å². The fraction of sp³-hybridized carbons (Fsp3) is 0.438. The molecule has 1 unspecified atom stereocenters. The van der Waals surface area contributed by atoms with Crippen molar-refractivity contribution in [3.05, 3.63) is 34.4 Å². The quantitative estimate of drug-likeness (QED) is 0.795. The fourth-order valence-corrected chi connectivity index (χ4v) is 2.73. The van der Waals surface area contributed by atoms with Crippen LogP contribution in [-0.2, 0) is 9.53 Å². The number of carbonyl (C=O) groups excluding carboxylic acids is 1. The minimum Gasteiger partial charge on any atom is -0.466 e. The maximum Gasteiger partial charge on any atom is 0.306 e. The molecule has 0 fully saturated rings. The molecule has 20 heavy (non-hydrogen) atoms. The van der Waals surface area contributed by atoms with Crippen LogP contribution in [0.3, 0.4) is 0 Å². The molecule has 1 atom stereocenters. The molecule has 3 nitrogen and oxygen atoms in total. The van der Waals surface area contributed by atoms with Crippen LogP contribution in [0.4, 0.5) is 0 Å². The van der Waals surface area contributed by atoms with Gasteiger partial charge in [0.15, 0.2) is 0 Å². The number of H-pyrrole nitrogens is 1. The second kappa shape index (κ2) is 8.10. The van der Waals surface area contributed by atoms with Gasteiger partial charge in [-0.2, -0.15) is 0 Å². The third-order valence-corrected chi connectivity index (χ3v) is 3.66. The number of benzene rings is 1. The van der Waals surface area contributed by atoms with Crippen LogP contribution in [0.15, 0.2) is 28.9 Å². The summed E-state index contributed by atoms with van der Waals surface area (Å²) >= 11 is 3.56. The maximum atomic E-state index is 11.5. The van der Waals surface area contributed by atoms with E-state index in [1.54, 1.807) is 0 Å². The van der Waals surface area contributed by atoms with E-state index in [1.807, 2.05) is 52.1 Å². The van der Waals surface area contributed by atoms with Crippen molar-refractivity contribution in [1.82, 2.24) is 4.98 Å². The number of aromatic nitrogens is 1. The van der Waals surface area contributed by atoms with Crippen molar-refractivity contribution >= 4 is 32.8 Å². The SMILES string of the molecule is CC.CCOC(=O)CC(C)c1c[nH]c2cccc(Br)c12. The molecule has 0 saturated heterocycles. The van der Waals surface area contributed by atoms with E-state index in [2.05, 4.69) is 20.9 Å². The molecule has 110 valence electrons. The van der Waals surface area contributed by atoms with Gasteiger partial charge in [0.2, 0.25) is 0 Å². The molecule has 2 aromatic rings. The van der Waals surface area contributed by atoms with E-state index in [1.165, 1.54) is 0 Å². The molecule has 1 N–H and O–H groups in total. The highest BCUT2D eigenvalue weighted by Crippen LogP contribution is 2.32. The Balaban J connectivity index is 0.000000956. The Labute approximate surface area is 128 Å². The van der Waals surface area contributed by atoms with Gasteiger partial charge in [0.1, 0.15) is 0 Å². The lowest BCUT2D eigenvalue weighted by Crippen LogP contribution is -2.08. The average Bonchev–Trinajstić information content (AvgIpc) is 2.86. The Bertz CT molecular complexity index is 563. The predicted molar refractivity (Wildman–Crippen MR) is 87.0 cm³/mol. The highest BCUT2D eigenvalue weighted by atomic mass is 79.9. The van der Waals surface area contributed by atoms with Gasteiger partial charge in [0.05, 0.1) is 13.0 Å². The summed E-state index contributed by atoms with van der Waals surface area (Å²) in [6.07, 6.45) is 2.38. The molecule has 0 bridgehead atoms. The van der Waals surface area contributed by atoms with Crippen LogP contribution in [0.5, 0.6) is 0 Å². The van der Waals surface area contributed by atoms with Crippen LogP contribution in [-0.4, -0.2) is 17.6 Å². The summed E-state index contributed by atoms with van der Waals surface area (Å²) in [6, 6.07) is 6.03. The van der Waals surface area contributed by atoms with Gasteiger partial charge in [-0.25, -0.2) is 0 Å². The van der Waals surface area contributed by atoms with E-state index in [4.69, 9.17) is 4.74 Å². The Kier molecular flexibility index (Phi) is 6.79. The number of halogens is 1. The average molecular weight is 340 g/mol. The summed E-state index contributed by atoms with van der Waals surface area (Å²) in [6.45, 7) is 8.30. The normalized spacial score (nSPS) is 11.7. The second-order valence-electron chi connectivity index (χ2n) is 4.32. The Morgan fingerprint density at radius 3 is 2.75 bits per heavy atom. The molecule has 0 amide bonds. The summed E-state index contributed by atoms with van der Waals surface area (Å²) in [7, 11) is 0. The fourth-order valence-electron chi connectivity index (χ4n) is 2.13. The van der Waals surface area contributed by atoms with Crippen molar-refractivity contribution in [2.45, 2.75) is 40.0 Å². The predicted octanol–water partition coefficient (Wildman–Crippen LogP) is 5.01. The van der Waals surface area contributed by atoms with Gasteiger partial charge < -0.3 is 9.72 Å². The first-order valence-corrected chi connectivity index (χ1v) is 7.84. The lowest BCUT2D eigenvalue weighted by Gasteiger charge is -2.10. The zero-order valence-electron chi connectivity index (χ0n) is 12.5. The molecule has 2 rings (SSSR count). The number of nitrogens with one attached hydrogen (secondary N) is 1. The van der Waals surface area contributed by atoms with Gasteiger partial charge >= 0.3 is 5.97 Å². The van der Waals surface area contributed by atoms with Gasteiger partial charge in [-0.1, -0.05) is 42.8 Å². The van der Waals surface area contributed by atoms with Crippen molar-refractivity contribution in [3.8, 4) is 0 Å². The molecule has 4 heteroatoms. The smallest absolute Gasteiger partial charge is 0.306 e. The largest absolute Gasteiger partial charge is 0.466 e. The molecule has 1 aromatic carbocycles. The number of ether oxygens (including phenoxy) is 1. The first-order valence-electron chi connectivity index (χ1n) is 7.04. The summed E-state index contributed by atoms with van der Waals surface area (Å²) in [5.74, 6) is -0.0112. The second-order valence-corrected chi connectivity index (χ2v) is 5.17. The van der Waals surface area contributed by atoms with E-state index in [0.717, 1.165) is 20.9 Å². The van der Waals surface area contributed by atoms with Crippen LogP contribution in [0.1, 0.15) is 45.6 Å². The zero-order chi connectivity index (χ0) is 15.1. The van der Waals surface area contributed by atoms with E-state index >= 15 is 0 Å². The standard InChI is InChI=1S/C14H16BrNO2.C2H6/c1-3-18-13(17)7-9(2)10-8-16-12-6-4-5-11(15)14(10)12;1-2/h4-6,8-9,16H,3,7H2,1-2H3;1-2H3. The Morgan fingerprint density at radius 1 is 1.40 bits per heavy atom. The Hall–Kier alpha value is -1.29.